The van der Waals surface area contributed by atoms with Crippen molar-refractivity contribution in [2.45, 2.75) is 19.8 Å². The number of nitrogens with zero attached hydrogens (tertiary/aromatic N) is 2. The van der Waals surface area contributed by atoms with Gasteiger partial charge in [-0.1, -0.05) is 42.6 Å². The average molecular weight is 348 g/mol. The first-order valence-corrected chi connectivity index (χ1v) is 8.07. The summed E-state index contributed by atoms with van der Waals surface area (Å²) in [6.07, 6.45) is 3.48. The summed E-state index contributed by atoms with van der Waals surface area (Å²) in [5, 5.41) is 3.79. The zero-order chi connectivity index (χ0) is 16.4. The lowest BCUT2D eigenvalue weighted by atomic mass is 10.2. The molecule has 0 aliphatic carbocycles. The number of hydrogen-bond donors (Lipinski definition) is 1. The van der Waals surface area contributed by atoms with E-state index in [1.54, 1.807) is 22.6 Å². The van der Waals surface area contributed by atoms with Crippen LogP contribution in [0.5, 0.6) is 0 Å². The molecular weight excluding hydrogens is 333 g/mol. The number of rotatable bonds is 4. The molecule has 0 saturated heterocycles. The molecule has 1 amide bonds. The molecular formula is C17H15Cl2N3O. The van der Waals surface area contributed by atoms with E-state index in [-0.39, 0.29) is 5.91 Å². The van der Waals surface area contributed by atoms with Gasteiger partial charge in [0.15, 0.2) is 0 Å². The fraction of sp³-hybridized carbons (Fsp3) is 0.176. The topological polar surface area (TPSA) is 46.4 Å². The van der Waals surface area contributed by atoms with Crippen molar-refractivity contribution in [1.82, 2.24) is 9.38 Å². The summed E-state index contributed by atoms with van der Waals surface area (Å²) in [6, 6.07) is 10.6. The summed E-state index contributed by atoms with van der Waals surface area (Å²) >= 11 is 12.0. The molecule has 3 rings (SSSR count). The van der Waals surface area contributed by atoms with Gasteiger partial charge in [0.25, 0.3) is 5.91 Å². The smallest absolute Gasteiger partial charge is 0.274 e. The van der Waals surface area contributed by atoms with Crippen LogP contribution in [0.15, 0.2) is 42.6 Å². The molecule has 2 aromatic heterocycles. The fourth-order valence-electron chi connectivity index (χ4n) is 2.51. The van der Waals surface area contributed by atoms with Crippen molar-refractivity contribution < 1.29 is 4.79 Å². The zero-order valence-corrected chi connectivity index (χ0v) is 14.0. The quantitative estimate of drug-likeness (QED) is 0.733. The van der Waals surface area contributed by atoms with Crippen molar-refractivity contribution >= 4 is 40.4 Å². The number of fused-ring (bicyclic) bond motifs is 1. The number of nitrogens with one attached hydrogen (secondary N) is 1. The Morgan fingerprint density at radius 3 is 2.65 bits per heavy atom. The zero-order valence-electron chi connectivity index (χ0n) is 12.5. The number of carbonyl (C=O) groups excluding carboxylic acids is 1. The highest BCUT2D eigenvalue weighted by molar-refractivity contribution is 6.35. The third-order valence-electron chi connectivity index (χ3n) is 3.42. The number of benzene rings is 1. The lowest BCUT2D eigenvalue weighted by Gasteiger charge is -2.08. The fourth-order valence-corrected chi connectivity index (χ4v) is 3.04. The molecule has 6 heteroatoms. The lowest BCUT2D eigenvalue weighted by Crippen LogP contribution is -2.16. The molecule has 0 fully saturated rings. The molecule has 0 atom stereocenters. The highest BCUT2D eigenvalue weighted by Gasteiger charge is 2.18. The Labute approximate surface area is 144 Å². The van der Waals surface area contributed by atoms with E-state index < -0.39 is 0 Å². The van der Waals surface area contributed by atoms with Crippen molar-refractivity contribution in [2.75, 3.05) is 5.32 Å². The predicted octanol–water partition coefficient (Wildman–Crippen LogP) is 4.85. The Hall–Kier alpha value is -2.04. The van der Waals surface area contributed by atoms with Gasteiger partial charge in [0.1, 0.15) is 11.3 Å². The molecule has 0 radical (unpaired) electrons. The maximum atomic E-state index is 12.7. The van der Waals surface area contributed by atoms with Crippen LogP contribution in [0.25, 0.3) is 5.65 Å². The Balaban J connectivity index is 2.01. The van der Waals surface area contributed by atoms with Crippen LogP contribution in [0, 0.1) is 0 Å². The van der Waals surface area contributed by atoms with Crippen LogP contribution >= 0.6 is 23.2 Å². The summed E-state index contributed by atoms with van der Waals surface area (Å²) in [5.74, 6) is -0.231. The number of hydrogen-bond acceptors (Lipinski definition) is 2. The number of pyridine rings is 1. The number of aromatic nitrogens is 2. The van der Waals surface area contributed by atoms with E-state index in [9.17, 15) is 4.79 Å². The van der Waals surface area contributed by atoms with Crippen molar-refractivity contribution in [3.63, 3.8) is 0 Å². The van der Waals surface area contributed by atoms with Crippen molar-refractivity contribution in [3.8, 4) is 0 Å². The van der Waals surface area contributed by atoms with Gasteiger partial charge in [-0.3, -0.25) is 9.20 Å². The van der Waals surface area contributed by atoms with Crippen LogP contribution in [0.2, 0.25) is 10.0 Å². The monoisotopic (exact) mass is 347 g/mol. The number of anilines is 1. The molecule has 0 unspecified atom stereocenters. The molecule has 4 nitrogen and oxygen atoms in total. The largest absolute Gasteiger partial charge is 0.321 e. The summed E-state index contributed by atoms with van der Waals surface area (Å²) in [7, 11) is 0. The van der Waals surface area contributed by atoms with E-state index in [2.05, 4.69) is 17.2 Å². The third-order valence-corrected chi connectivity index (χ3v) is 3.86. The summed E-state index contributed by atoms with van der Waals surface area (Å²) in [4.78, 5) is 17.3. The Kier molecular flexibility index (Phi) is 4.55. The third kappa shape index (κ3) is 3.33. The lowest BCUT2D eigenvalue weighted by molar-refractivity contribution is 0.102. The Morgan fingerprint density at radius 2 is 1.96 bits per heavy atom. The van der Waals surface area contributed by atoms with Gasteiger partial charge in [0, 0.05) is 21.9 Å². The van der Waals surface area contributed by atoms with Crippen LogP contribution < -0.4 is 5.32 Å². The molecule has 3 aromatic rings. The molecule has 1 aromatic carbocycles. The second kappa shape index (κ2) is 6.60. The van der Waals surface area contributed by atoms with Crippen molar-refractivity contribution in [2.24, 2.45) is 0 Å². The minimum atomic E-state index is -0.231. The highest BCUT2D eigenvalue weighted by atomic mass is 35.5. The second-order valence-corrected chi connectivity index (χ2v) is 6.07. The maximum Gasteiger partial charge on any atom is 0.274 e. The van der Waals surface area contributed by atoms with Gasteiger partial charge in [-0.05, 0) is 36.8 Å². The number of halogens is 2. The van der Waals surface area contributed by atoms with Crippen molar-refractivity contribution in [1.29, 1.82) is 0 Å². The van der Waals surface area contributed by atoms with Crippen LogP contribution in [0.1, 0.15) is 29.5 Å². The van der Waals surface area contributed by atoms with E-state index in [0.29, 0.717) is 21.4 Å². The van der Waals surface area contributed by atoms with Crippen LogP contribution in [0.4, 0.5) is 5.69 Å². The van der Waals surface area contributed by atoms with Crippen LogP contribution in [-0.4, -0.2) is 15.3 Å². The summed E-state index contributed by atoms with van der Waals surface area (Å²) < 4.78 is 1.80. The Morgan fingerprint density at radius 1 is 1.22 bits per heavy atom. The maximum absolute atomic E-state index is 12.7. The molecule has 2 heterocycles. The van der Waals surface area contributed by atoms with Gasteiger partial charge in [-0.15, -0.1) is 0 Å². The summed E-state index contributed by atoms with van der Waals surface area (Å²) in [5.41, 5.74) is 2.63. The number of aryl methyl sites for hydroxylation is 1. The standard InChI is InChI=1S/C17H15Cl2N3O/c1-2-5-14-16(22-7-4-3-6-15(22)21-14)17(23)20-13-9-11(18)8-12(19)10-13/h3-4,6-10H,2,5H2,1H3,(H,20,23). The van der Waals surface area contributed by atoms with E-state index in [1.807, 2.05) is 24.4 Å². The molecule has 0 aliphatic heterocycles. The first-order chi connectivity index (χ1) is 11.1. The van der Waals surface area contributed by atoms with Crippen LogP contribution in [-0.2, 0) is 6.42 Å². The van der Waals surface area contributed by atoms with E-state index in [4.69, 9.17) is 23.2 Å². The molecule has 0 aliphatic rings. The number of amides is 1. The molecule has 118 valence electrons. The number of imidazole rings is 1. The average Bonchev–Trinajstić information content (AvgIpc) is 2.84. The Bertz CT molecular complexity index is 853. The minimum absolute atomic E-state index is 0.231. The van der Waals surface area contributed by atoms with Gasteiger partial charge < -0.3 is 5.32 Å². The summed E-state index contributed by atoms with van der Waals surface area (Å²) in [6.45, 7) is 2.06. The normalized spacial score (nSPS) is 10.9. The SMILES string of the molecule is CCCc1nc2ccccn2c1C(=O)Nc1cc(Cl)cc(Cl)c1. The predicted molar refractivity (Wildman–Crippen MR) is 93.6 cm³/mol. The first kappa shape index (κ1) is 15.8. The van der Waals surface area contributed by atoms with Crippen LogP contribution in [0.3, 0.4) is 0 Å². The number of carbonyl (C=O) groups is 1. The van der Waals surface area contributed by atoms with Gasteiger partial charge in [0.2, 0.25) is 0 Å². The second-order valence-electron chi connectivity index (χ2n) is 5.20. The molecule has 23 heavy (non-hydrogen) atoms. The van der Waals surface area contributed by atoms with Gasteiger partial charge in [-0.25, -0.2) is 4.98 Å². The van der Waals surface area contributed by atoms with Crippen molar-refractivity contribution in [3.05, 3.63) is 64.0 Å². The molecule has 1 N–H and O–H groups in total. The minimum Gasteiger partial charge on any atom is -0.321 e. The van der Waals surface area contributed by atoms with Gasteiger partial charge in [0.05, 0.1) is 5.69 Å². The van der Waals surface area contributed by atoms with E-state index in [1.165, 1.54) is 0 Å². The molecule has 0 spiro atoms. The van der Waals surface area contributed by atoms with E-state index >= 15 is 0 Å². The first-order valence-electron chi connectivity index (χ1n) is 7.32. The van der Waals surface area contributed by atoms with Gasteiger partial charge in [-0.2, -0.15) is 0 Å². The van der Waals surface area contributed by atoms with E-state index in [0.717, 1.165) is 24.2 Å². The van der Waals surface area contributed by atoms with Gasteiger partial charge >= 0.3 is 0 Å². The highest BCUT2D eigenvalue weighted by Crippen LogP contribution is 2.23. The molecule has 0 saturated carbocycles. The molecule has 0 bridgehead atoms.